The van der Waals surface area contributed by atoms with Crippen molar-refractivity contribution in [2.24, 2.45) is 7.05 Å². The topological polar surface area (TPSA) is 48.3 Å². The van der Waals surface area contributed by atoms with Gasteiger partial charge in [0.15, 0.2) is 10.9 Å². The molecule has 0 fully saturated rings. The molecule has 0 aliphatic heterocycles. The summed E-state index contributed by atoms with van der Waals surface area (Å²) in [5, 5.41) is 0.0525. The molecule has 2 rings (SSSR count). The second-order valence-electron chi connectivity index (χ2n) is 4.13. The van der Waals surface area contributed by atoms with Crippen LogP contribution in [-0.4, -0.2) is 11.0 Å². The molecule has 1 aromatic heterocycles. The van der Waals surface area contributed by atoms with Gasteiger partial charge in [0.1, 0.15) is 0 Å². The molecule has 0 aliphatic carbocycles. The van der Waals surface area contributed by atoms with Crippen molar-refractivity contribution >= 4 is 23.6 Å². The first-order valence-corrected chi connectivity index (χ1v) is 6.18. The third-order valence-corrected chi connectivity index (χ3v) is 3.36. The van der Waals surface area contributed by atoms with Crippen molar-refractivity contribution in [1.29, 1.82) is 0 Å². The zero-order valence-electron chi connectivity index (χ0n) is 10.8. The molecule has 102 valence electrons. The van der Waals surface area contributed by atoms with Gasteiger partial charge in [-0.15, -0.1) is 0 Å². The fourth-order valence-corrected chi connectivity index (χ4v) is 2.05. The number of aromatic nitrogens is 1. The summed E-state index contributed by atoms with van der Waals surface area (Å²) in [5.74, 6) is 0.123. The van der Waals surface area contributed by atoms with E-state index in [0.717, 1.165) is 5.56 Å². The Labute approximate surface area is 120 Å². The smallest absolute Gasteiger partial charge is 0.298 e. The number of hydrogen-bond acceptors (Lipinski definition) is 3. The van der Waals surface area contributed by atoms with E-state index in [1.807, 2.05) is 30.3 Å². The molecule has 1 heterocycles. The van der Waals surface area contributed by atoms with Crippen LogP contribution in [0, 0.1) is 0 Å². The minimum absolute atomic E-state index is 0.0525. The molecular weight excluding hydrogens is 278 g/mol. The van der Waals surface area contributed by atoms with Crippen molar-refractivity contribution in [3.63, 3.8) is 0 Å². The number of nitrogens with zero attached hydrogens (tertiary/aromatic N) is 1. The number of ether oxygens (including phenoxy) is 1. The molecule has 0 saturated carbocycles. The Morgan fingerprint density at radius 1 is 1.35 bits per heavy atom. The molecule has 5 heteroatoms. The fraction of sp³-hybridized carbons (Fsp3) is 0.0667. The number of benzene rings is 1. The molecule has 0 N–H and O–H groups in total. The van der Waals surface area contributed by atoms with Gasteiger partial charge in [0, 0.05) is 18.7 Å². The Morgan fingerprint density at radius 3 is 2.60 bits per heavy atom. The van der Waals surface area contributed by atoms with E-state index in [9.17, 15) is 9.59 Å². The van der Waals surface area contributed by atoms with E-state index >= 15 is 0 Å². The SMILES string of the molecule is C=C(c1ccccc1)c1cc(=O)n(C)c(Cl)c1OC=O. The van der Waals surface area contributed by atoms with Crippen LogP contribution >= 0.6 is 11.6 Å². The van der Waals surface area contributed by atoms with E-state index in [-0.39, 0.29) is 22.9 Å². The molecule has 4 nitrogen and oxygen atoms in total. The van der Waals surface area contributed by atoms with Crippen molar-refractivity contribution in [2.75, 3.05) is 0 Å². The molecule has 0 aliphatic rings. The van der Waals surface area contributed by atoms with Gasteiger partial charge in [-0.3, -0.25) is 14.2 Å². The van der Waals surface area contributed by atoms with Gasteiger partial charge < -0.3 is 4.74 Å². The van der Waals surface area contributed by atoms with Crippen molar-refractivity contribution < 1.29 is 9.53 Å². The lowest BCUT2D eigenvalue weighted by Gasteiger charge is -2.13. The lowest BCUT2D eigenvalue weighted by atomic mass is 10.00. The molecule has 0 spiro atoms. The number of halogens is 1. The van der Waals surface area contributed by atoms with Crippen molar-refractivity contribution in [3.8, 4) is 5.75 Å². The predicted molar refractivity (Wildman–Crippen MR) is 78.0 cm³/mol. The van der Waals surface area contributed by atoms with E-state index in [1.54, 1.807) is 0 Å². The molecule has 0 unspecified atom stereocenters. The summed E-state index contributed by atoms with van der Waals surface area (Å²) in [7, 11) is 1.50. The number of carbonyl (C=O) groups is 1. The van der Waals surface area contributed by atoms with Gasteiger partial charge in [-0.1, -0.05) is 48.5 Å². The Bertz CT molecular complexity index is 720. The lowest BCUT2D eigenvalue weighted by Crippen LogP contribution is -2.18. The highest BCUT2D eigenvalue weighted by Crippen LogP contribution is 2.33. The monoisotopic (exact) mass is 289 g/mol. The highest BCUT2D eigenvalue weighted by atomic mass is 35.5. The van der Waals surface area contributed by atoms with Crippen LogP contribution in [0.15, 0.2) is 47.8 Å². The summed E-state index contributed by atoms with van der Waals surface area (Å²) in [6, 6.07) is 10.6. The maximum atomic E-state index is 11.8. The molecule has 2 aromatic rings. The van der Waals surface area contributed by atoms with Crippen LogP contribution in [-0.2, 0) is 11.8 Å². The fourth-order valence-electron chi connectivity index (χ4n) is 1.83. The normalized spacial score (nSPS) is 10.1. The van der Waals surface area contributed by atoms with E-state index < -0.39 is 0 Å². The summed E-state index contributed by atoms with van der Waals surface area (Å²) >= 11 is 6.05. The quantitative estimate of drug-likeness (QED) is 0.642. The molecule has 0 radical (unpaired) electrons. The molecule has 0 saturated heterocycles. The highest BCUT2D eigenvalue weighted by molar-refractivity contribution is 6.31. The minimum atomic E-state index is -0.305. The largest absolute Gasteiger partial charge is 0.425 e. The second kappa shape index (κ2) is 5.75. The molecule has 0 atom stereocenters. The van der Waals surface area contributed by atoms with Crippen molar-refractivity contribution in [1.82, 2.24) is 4.57 Å². The molecule has 1 aromatic carbocycles. The molecular formula is C15H12ClNO3. The highest BCUT2D eigenvalue weighted by Gasteiger charge is 2.17. The standard InChI is InChI=1S/C15H12ClNO3/c1-10(11-6-4-3-5-7-11)12-8-13(19)17(2)15(16)14(12)20-9-18/h3-9H,1H2,2H3. The third-order valence-electron chi connectivity index (χ3n) is 2.94. The van der Waals surface area contributed by atoms with Crippen LogP contribution < -0.4 is 10.3 Å². The Balaban J connectivity index is 2.64. The first-order valence-electron chi connectivity index (χ1n) is 5.80. The average Bonchev–Trinajstić information content (AvgIpc) is 2.48. The van der Waals surface area contributed by atoms with E-state index in [4.69, 9.17) is 16.3 Å². The Kier molecular flexibility index (Phi) is 4.05. The van der Waals surface area contributed by atoms with Crippen LogP contribution in [0.2, 0.25) is 5.15 Å². The second-order valence-corrected chi connectivity index (χ2v) is 4.49. The molecule has 0 bridgehead atoms. The van der Waals surface area contributed by atoms with Gasteiger partial charge in [-0.05, 0) is 11.1 Å². The summed E-state index contributed by atoms with van der Waals surface area (Å²) < 4.78 is 6.11. The van der Waals surface area contributed by atoms with Gasteiger partial charge in [-0.2, -0.15) is 0 Å². The van der Waals surface area contributed by atoms with Crippen molar-refractivity contribution in [2.45, 2.75) is 0 Å². The number of pyridine rings is 1. The zero-order valence-corrected chi connectivity index (χ0v) is 11.6. The average molecular weight is 290 g/mol. The predicted octanol–water partition coefficient (Wildman–Crippen LogP) is 2.64. The molecule has 20 heavy (non-hydrogen) atoms. The van der Waals surface area contributed by atoms with Crippen LogP contribution in [0.3, 0.4) is 0 Å². The first-order chi connectivity index (χ1) is 9.56. The van der Waals surface area contributed by atoms with Crippen LogP contribution in [0.5, 0.6) is 5.75 Å². The van der Waals surface area contributed by atoms with Crippen LogP contribution in [0.1, 0.15) is 11.1 Å². The molecule has 0 amide bonds. The Hall–Kier alpha value is -2.33. The van der Waals surface area contributed by atoms with E-state index in [1.165, 1.54) is 17.7 Å². The summed E-state index contributed by atoms with van der Waals surface area (Å²) in [6.45, 7) is 4.22. The minimum Gasteiger partial charge on any atom is -0.425 e. The van der Waals surface area contributed by atoms with Crippen LogP contribution in [0.4, 0.5) is 0 Å². The Morgan fingerprint density at radius 2 is 2.00 bits per heavy atom. The summed E-state index contributed by atoms with van der Waals surface area (Å²) in [6.07, 6.45) is 0. The van der Waals surface area contributed by atoms with Crippen LogP contribution in [0.25, 0.3) is 5.57 Å². The van der Waals surface area contributed by atoms with Gasteiger partial charge >= 0.3 is 0 Å². The van der Waals surface area contributed by atoms with Gasteiger partial charge in [0.05, 0.1) is 0 Å². The number of rotatable bonds is 4. The maximum absolute atomic E-state index is 11.8. The van der Waals surface area contributed by atoms with Gasteiger partial charge in [0.25, 0.3) is 12.0 Å². The lowest BCUT2D eigenvalue weighted by molar-refractivity contribution is -0.120. The van der Waals surface area contributed by atoms with E-state index in [0.29, 0.717) is 11.1 Å². The maximum Gasteiger partial charge on any atom is 0.298 e. The van der Waals surface area contributed by atoms with E-state index in [2.05, 4.69) is 6.58 Å². The summed E-state index contributed by atoms with van der Waals surface area (Å²) in [5.41, 5.74) is 1.46. The van der Waals surface area contributed by atoms with Gasteiger partial charge in [-0.25, -0.2) is 0 Å². The van der Waals surface area contributed by atoms with Gasteiger partial charge in [0.2, 0.25) is 0 Å². The van der Waals surface area contributed by atoms with Crippen molar-refractivity contribution in [3.05, 3.63) is 69.6 Å². The zero-order chi connectivity index (χ0) is 14.7. The third kappa shape index (κ3) is 2.51. The number of hydrogen-bond donors (Lipinski definition) is 0. The number of carbonyl (C=O) groups excluding carboxylic acids is 1. The first kappa shape index (κ1) is 14.1. The summed E-state index contributed by atoms with van der Waals surface area (Å²) in [4.78, 5) is 22.5.